The van der Waals surface area contributed by atoms with E-state index in [0.29, 0.717) is 12.8 Å². The van der Waals surface area contributed by atoms with Gasteiger partial charge in [-0.05, 0) is 89.9 Å². The van der Waals surface area contributed by atoms with Crippen LogP contribution in [0.1, 0.15) is 226 Å². The van der Waals surface area contributed by atoms with E-state index in [0.717, 1.165) is 89.9 Å². The summed E-state index contributed by atoms with van der Waals surface area (Å²) >= 11 is 0. The molecular weight excluding hydrogens is 1200 g/mol. The van der Waals surface area contributed by atoms with Crippen LogP contribution in [0.4, 0.5) is 0 Å². The fourth-order valence-corrected chi connectivity index (χ4v) is 11.5. The van der Waals surface area contributed by atoms with E-state index in [1.807, 2.05) is 6.08 Å². The molecule has 3 aliphatic rings. The number of carbonyl (C=O) groups is 1. The van der Waals surface area contributed by atoms with Gasteiger partial charge in [0.15, 0.2) is 18.9 Å². The molecule has 17 atom stereocenters. The van der Waals surface area contributed by atoms with Crippen LogP contribution in [-0.2, 0) is 33.2 Å². The van der Waals surface area contributed by atoms with Gasteiger partial charge in [0, 0.05) is 6.42 Å². The zero-order valence-corrected chi connectivity index (χ0v) is 57.1. The van der Waals surface area contributed by atoms with Crippen molar-refractivity contribution in [2.24, 2.45) is 0 Å². The normalized spacial score (nSPS) is 28.0. The molecule has 3 saturated heterocycles. The fourth-order valence-electron chi connectivity index (χ4n) is 11.5. The monoisotopic (exact) mass is 1330 g/mol. The Hall–Kier alpha value is -3.55. The van der Waals surface area contributed by atoms with Gasteiger partial charge in [-0.15, -0.1) is 0 Å². The summed E-state index contributed by atoms with van der Waals surface area (Å²) in [5.74, 6) is -0.290. The highest BCUT2D eigenvalue weighted by atomic mass is 16.8. The highest BCUT2D eigenvalue weighted by molar-refractivity contribution is 5.76. The van der Waals surface area contributed by atoms with E-state index in [1.165, 1.54) is 103 Å². The van der Waals surface area contributed by atoms with Crippen molar-refractivity contribution in [3.8, 4) is 0 Å². The Labute approximate surface area is 564 Å². The van der Waals surface area contributed by atoms with Gasteiger partial charge in [0.2, 0.25) is 5.91 Å². The highest BCUT2D eigenvalue weighted by Gasteiger charge is 2.53. The first-order valence-corrected chi connectivity index (χ1v) is 36.1. The number of rotatable bonds is 54. The number of amides is 1. The van der Waals surface area contributed by atoms with Gasteiger partial charge in [0.25, 0.3) is 0 Å². The van der Waals surface area contributed by atoms with Crippen molar-refractivity contribution >= 4 is 5.91 Å². The summed E-state index contributed by atoms with van der Waals surface area (Å²) < 4.78 is 34.3. The van der Waals surface area contributed by atoms with Crippen LogP contribution in [0.2, 0.25) is 0 Å². The standard InChI is InChI=1S/C75H127NO18/c1-3-5-7-9-11-13-15-17-18-19-20-21-22-23-24-25-26-27-28-29-30-31-32-33-34-35-36-37-38-39-40-41-43-45-47-49-51-53-63(81)76-58(59(80)52-50-48-46-44-42-16-14-12-10-8-6-4-2)57-89-73-69(87)66(84)71(61(55-78)91-73)94-75-70(88)67(85)72(62(56-79)92-75)93-74-68(86)65(83)64(82)60(54-77)90-74/h5,7,11,13,17-18,20-21,23-24,26-27,29-30,42,44,50,52,58-62,64-75,77-80,82-88H,3-4,6,8-10,12,14-16,19,22,25,28,31-41,43,45-49,51,53-57H2,1-2H3,(H,76,81)/b7-5-,13-11-,18-17-,21-20-,24-23-,27-26-,30-29-,44-42+,52-50+. The van der Waals surface area contributed by atoms with Gasteiger partial charge in [-0.2, -0.15) is 0 Å². The lowest BCUT2D eigenvalue weighted by Gasteiger charge is -2.48. The summed E-state index contributed by atoms with van der Waals surface area (Å²) in [5.41, 5.74) is 0. The number of aliphatic hydroxyl groups is 11. The Kier molecular flexibility index (Phi) is 49.9. The average molecular weight is 1330 g/mol. The molecular formula is C75H127NO18. The van der Waals surface area contributed by atoms with Crippen molar-refractivity contribution in [1.29, 1.82) is 0 Å². The van der Waals surface area contributed by atoms with Gasteiger partial charge in [-0.3, -0.25) is 4.79 Å². The molecule has 17 unspecified atom stereocenters. The number of carbonyl (C=O) groups excluding carboxylic acids is 1. The van der Waals surface area contributed by atoms with Crippen molar-refractivity contribution in [3.05, 3.63) is 109 Å². The zero-order valence-electron chi connectivity index (χ0n) is 57.1. The second-order valence-corrected chi connectivity index (χ2v) is 25.3. The first-order valence-electron chi connectivity index (χ1n) is 36.1. The lowest BCUT2D eigenvalue weighted by molar-refractivity contribution is -0.379. The summed E-state index contributed by atoms with van der Waals surface area (Å²) in [6.07, 6.45) is 48.1. The van der Waals surface area contributed by atoms with Crippen LogP contribution >= 0.6 is 0 Å². The van der Waals surface area contributed by atoms with Crippen LogP contribution in [0.5, 0.6) is 0 Å². The summed E-state index contributed by atoms with van der Waals surface area (Å²) in [5, 5.41) is 120. The molecule has 0 bridgehead atoms. The summed E-state index contributed by atoms with van der Waals surface area (Å²) in [7, 11) is 0. The van der Waals surface area contributed by atoms with Gasteiger partial charge in [-0.1, -0.05) is 239 Å². The molecule has 0 aromatic carbocycles. The fraction of sp³-hybridized carbons (Fsp3) is 0.747. The zero-order chi connectivity index (χ0) is 68.2. The first-order chi connectivity index (χ1) is 45.8. The molecule has 0 aliphatic carbocycles. The highest BCUT2D eigenvalue weighted by Crippen LogP contribution is 2.33. The molecule has 0 radical (unpaired) electrons. The molecule has 3 rings (SSSR count). The second kappa shape index (κ2) is 55.3. The molecule has 12 N–H and O–H groups in total. The number of nitrogens with one attached hydrogen (secondary N) is 1. The van der Waals surface area contributed by atoms with Gasteiger partial charge in [0.05, 0.1) is 38.6 Å². The smallest absolute Gasteiger partial charge is 0.220 e. The Morgan fingerprint density at radius 1 is 0.394 bits per heavy atom. The molecule has 94 heavy (non-hydrogen) atoms. The minimum Gasteiger partial charge on any atom is -0.394 e. The predicted octanol–water partition coefficient (Wildman–Crippen LogP) is 10.2. The summed E-state index contributed by atoms with van der Waals surface area (Å²) in [4.78, 5) is 13.4. The molecule has 3 heterocycles. The van der Waals surface area contributed by atoms with E-state index in [-0.39, 0.29) is 18.9 Å². The largest absolute Gasteiger partial charge is 0.394 e. The van der Waals surface area contributed by atoms with Crippen LogP contribution < -0.4 is 5.32 Å². The lowest BCUT2D eigenvalue weighted by Crippen LogP contribution is -2.66. The average Bonchev–Trinajstić information content (AvgIpc) is 0.794. The van der Waals surface area contributed by atoms with E-state index < -0.39 is 124 Å². The van der Waals surface area contributed by atoms with E-state index in [2.05, 4.69) is 116 Å². The molecule has 19 nitrogen and oxygen atoms in total. The van der Waals surface area contributed by atoms with Gasteiger partial charge in [0.1, 0.15) is 73.2 Å². The Morgan fingerprint density at radius 2 is 0.745 bits per heavy atom. The summed E-state index contributed by atoms with van der Waals surface area (Å²) in [6, 6.07) is -0.994. The van der Waals surface area contributed by atoms with Gasteiger partial charge < -0.3 is 89.9 Å². The van der Waals surface area contributed by atoms with Crippen molar-refractivity contribution < 1.29 is 89.4 Å². The number of ether oxygens (including phenoxy) is 6. The van der Waals surface area contributed by atoms with Crippen molar-refractivity contribution in [2.45, 2.75) is 330 Å². The third-order valence-electron chi connectivity index (χ3n) is 17.3. The minimum absolute atomic E-state index is 0.230. The first kappa shape index (κ1) is 84.7. The maximum Gasteiger partial charge on any atom is 0.220 e. The third kappa shape index (κ3) is 36.3. The van der Waals surface area contributed by atoms with Gasteiger partial charge >= 0.3 is 0 Å². The predicted molar refractivity (Wildman–Crippen MR) is 369 cm³/mol. The molecule has 0 spiro atoms. The number of allylic oxidation sites excluding steroid dienone is 17. The Balaban J connectivity index is 1.33. The topological polar surface area (TPSA) is 307 Å². The molecule has 19 heteroatoms. The minimum atomic E-state index is -1.98. The SMILES string of the molecule is CC/C=C\C/C=C\C/C=C\C/C=C\C/C=C\C/C=C\C/C=C\CCCCCCCCCCCCCCCCCC(=O)NC(COC1OC(CO)C(OC2OC(CO)C(OC3OC(CO)C(O)C(O)C3O)C(O)C2O)C(O)C1O)C(O)/C=C/CC/C=C/CCCCCCCC. The molecule has 3 aliphatic heterocycles. The number of unbranched alkanes of at least 4 members (excludes halogenated alkanes) is 22. The van der Waals surface area contributed by atoms with E-state index in [1.54, 1.807) is 6.08 Å². The van der Waals surface area contributed by atoms with Crippen LogP contribution in [0.25, 0.3) is 0 Å². The molecule has 3 fully saturated rings. The van der Waals surface area contributed by atoms with Crippen LogP contribution in [-0.4, -0.2) is 193 Å². The van der Waals surface area contributed by atoms with E-state index in [9.17, 15) is 61.0 Å². The molecule has 0 aromatic rings. The maximum atomic E-state index is 13.4. The number of hydrogen-bond donors (Lipinski definition) is 12. The second-order valence-electron chi connectivity index (χ2n) is 25.3. The number of hydrogen-bond acceptors (Lipinski definition) is 18. The Bertz CT molecular complexity index is 2130. The van der Waals surface area contributed by atoms with Crippen molar-refractivity contribution in [1.82, 2.24) is 5.32 Å². The molecule has 540 valence electrons. The molecule has 0 saturated carbocycles. The quantitative estimate of drug-likeness (QED) is 0.0199. The Morgan fingerprint density at radius 3 is 1.19 bits per heavy atom. The van der Waals surface area contributed by atoms with Crippen molar-refractivity contribution in [3.63, 3.8) is 0 Å². The molecule has 1 amide bonds. The molecule has 0 aromatic heterocycles. The maximum absolute atomic E-state index is 13.4. The van der Waals surface area contributed by atoms with Gasteiger partial charge in [-0.25, -0.2) is 0 Å². The summed E-state index contributed by atoms with van der Waals surface area (Å²) in [6.45, 7) is 1.56. The van der Waals surface area contributed by atoms with Crippen molar-refractivity contribution in [2.75, 3.05) is 26.4 Å². The van der Waals surface area contributed by atoms with E-state index in [4.69, 9.17) is 28.4 Å². The van der Waals surface area contributed by atoms with Crippen LogP contribution in [0.15, 0.2) is 109 Å². The number of aliphatic hydroxyl groups excluding tert-OH is 11. The van der Waals surface area contributed by atoms with Crippen LogP contribution in [0.3, 0.4) is 0 Å². The lowest BCUT2D eigenvalue weighted by atomic mass is 9.96. The third-order valence-corrected chi connectivity index (χ3v) is 17.3. The van der Waals surface area contributed by atoms with Crippen LogP contribution in [0, 0.1) is 0 Å². The van der Waals surface area contributed by atoms with E-state index >= 15 is 0 Å².